The van der Waals surface area contributed by atoms with Gasteiger partial charge < -0.3 is 10.5 Å². The summed E-state index contributed by atoms with van der Waals surface area (Å²) in [5, 5.41) is 21.1. The van der Waals surface area contributed by atoms with Crippen LogP contribution in [0.2, 0.25) is 0 Å². The molecule has 0 fully saturated rings. The first-order valence-corrected chi connectivity index (χ1v) is 6.65. The number of aromatic nitrogens is 2. The zero-order chi connectivity index (χ0) is 15.4. The molecule has 10 heteroatoms. The number of nitro groups is 1. The molecule has 0 unspecified atom stereocenters. The molecule has 9 nitrogen and oxygen atoms in total. The first kappa shape index (κ1) is 14.7. The molecule has 0 aliphatic carbocycles. The van der Waals surface area contributed by atoms with Gasteiger partial charge in [-0.1, -0.05) is 17.4 Å². The number of hydrogen-bond acceptors (Lipinski definition) is 8. The second-order valence-electron chi connectivity index (χ2n) is 3.74. The molecule has 2 aromatic rings. The number of ether oxygens (including phenoxy) is 1. The molecule has 0 spiro atoms. The Labute approximate surface area is 122 Å². The minimum atomic E-state index is -0.606. The number of rotatable bonds is 5. The number of anilines is 2. The zero-order valence-electron chi connectivity index (χ0n) is 10.9. The van der Waals surface area contributed by atoms with Crippen LogP contribution in [0.25, 0.3) is 0 Å². The van der Waals surface area contributed by atoms with Crippen LogP contribution >= 0.6 is 11.3 Å². The van der Waals surface area contributed by atoms with E-state index in [0.717, 1.165) is 11.3 Å². The third-order valence-electron chi connectivity index (χ3n) is 2.39. The monoisotopic (exact) mass is 309 g/mol. The molecule has 0 aliphatic rings. The van der Waals surface area contributed by atoms with E-state index in [1.54, 1.807) is 6.92 Å². The number of carbonyl (C=O) groups excluding carboxylic acids is 1. The van der Waals surface area contributed by atoms with E-state index in [1.165, 1.54) is 18.2 Å². The van der Waals surface area contributed by atoms with Gasteiger partial charge in [0.1, 0.15) is 0 Å². The number of nitrogens with one attached hydrogen (secondary N) is 1. The van der Waals surface area contributed by atoms with Gasteiger partial charge in [-0.3, -0.25) is 20.2 Å². The molecule has 3 N–H and O–H groups in total. The van der Waals surface area contributed by atoms with E-state index in [4.69, 9.17) is 10.5 Å². The normalized spacial score (nSPS) is 10.1. The highest BCUT2D eigenvalue weighted by atomic mass is 32.1. The molecule has 0 radical (unpaired) electrons. The second-order valence-corrected chi connectivity index (χ2v) is 4.75. The van der Waals surface area contributed by atoms with E-state index >= 15 is 0 Å². The van der Waals surface area contributed by atoms with Crippen molar-refractivity contribution in [1.29, 1.82) is 0 Å². The third kappa shape index (κ3) is 3.23. The number of nitro benzene ring substituents is 1. The molecule has 2 rings (SSSR count). The second kappa shape index (κ2) is 6.13. The van der Waals surface area contributed by atoms with Crippen molar-refractivity contribution >= 4 is 33.2 Å². The van der Waals surface area contributed by atoms with Crippen molar-refractivity contribution in [2.45, 2.75) is 6.92 Å². The molecule has 0 aliphatic heterocycles. The average Bonchev–Trinajstić information content (AvgIpc) is 2.84. The fourth-order valence-corrected chi connectivity index (χ4v) is 2.10. The Kier molecular flexibility index (Phi) is 4.28. The molecule has 1 aromatic heterocycles. The smallest absolute Gasteiger partial charge is 0.311 e. The Bertz CT molecular complexity index is 687. The van der Waals surface area contributed by atoms with Gasteiger partial charge in [-0.25, -0.2) is 0 Å². The maximum atomic E-state index is 12.2. The summed E-state index contributed by atoms with van der Waals surface area (Å²) in [5.41, 5.74) is 5.18. The highest BCUT2D eigenvalue weighted by Gasteiger charge is 2.23. The lowest BCUT2D eigenvalue weighted by Gasteiger charge is -2.09. The Hall–Kier alpha value is -2.75. The van der Waals surface area contributed by atoms with Gasteiger partial charge in [0.15, 0.2) is 0 Å². The molecule has 1 amide bonds. The summed E-state index contributed by atoms with van der Waals surface area (Å²) in [7, 11) is 0. The number of benzene rings is 1. The summed E-state index contributed by atoms with van der Waals surface area (Å²) in [6.07, 6.45) is 0. The van der Waals surface area contributed by atoms with Gasteiger partial charge >= 0.3 is 5.69 Å². The maximum Gasteiger partial charge on any atom is 0.311 e. The Morgan fingerprint density at radius 2 is 2.29 bits per heavy atom. The Morgan fingerprint density at radius 3 is 2.86 bits per heavy atom. The predicted molar refractivity (Wildman–Crippen MR) is 76.5 cm³/mol. The first-order valence-electron chi connectivity index (χ1n) is 5.83. The Morgan fingerprint density at radius 1 is 1.52 bits per heavy atom. The van der Waals surface area contributed by atoms with Crippen LogP contribution in [0.4, 0.5) is 16.0 Å². The van der Waals surface area contributed by atoms with E-state index in [0.29, 0.717) is 0 Å². The van der Waals surface area contributed by atoms with Gasteiger partial charge in [0.2, 0.25) is 16.0 Å². The molecule has 0 bridgehead atoms. The molecule has 21 heavy (non-hydrogen) atoms. The number of nitrogens with zero attached hydrogens (tertiary/aromatic N) is 3. The summed E-state index contributed by atoms with van der Waals surface area (Å²) < 4.78 is 5.23. The third-order valence-corrected chi connectivity index (χ3v) is 3.05. The van der Waals surface area contributed by atoms with Gasteiger partial charge in [0.05, 0.1) is 17.1 Å². The fourth-order valence-electron chi connectivity index (χ4n) is 1.59. The number of hydrogen-bond donors (Lipinski definition) is 2. The molecule has 0 atom stereocenters. The van der Waals surface area contributed by atoms with E-state index in [1.807, 2.05) is 0 Å². The standard InChI is InChI=1S/C11H11N5O4S/c1-2-20-8-6(4-3-5-7(8)16(18)19)9(17)13-11-15-14-10(12)21-11/h3-5H,2H2,1H3,(H2,12,14)(H,13,15,17). The number of para-hydroxylation sites is 1. The van der Waals surface area contributed by atoms with Crippen molar-refractivity contribution in [3.63, 3.8) is 0 Å². The van der Waals surface area contributed by atoms with Crippen molar-refractivity contribution < 1.29 is 14.5 Å². The largest absolute Gasteiger partial charge is 0.487 e. The number of nitrogen functional groups attached to an aromatic ring is 1. The fraction of sp³-hybridized carbons (Fsp3) is 0.182. The molecule has 1 aromatic carbocycles. The molecular weight excluding hydrogens is 298 g/mol. The number of carbonyl (C=O) groups is 1. The van der Waals surface area contributed by atoms with Gasteiger partial charge in [-0.2, -0.15) is 0 Å². The van der Waals surface area contributed by atoms with E-state index in [2.05, 4.69) is 15.5 Å². The molecule has 1 heterocycles. The van der Waals surface area contributed by atoms with Crippen LogP contribution in [0, 0.1) is 10.1 Å². The summed E-state index contributed by atoms with van der Waals surface area (Å²) in [4.78, 5) is 22.6. The number of amides is 1. The van der Waals surface area contributed by atoms with Crippen LogP contribution in [0.15, 0.2) is 18.2 Å². The van der Waals surface area contributed by atoms with Crippen molar-refractivity contribution in [3.05, 3.63) is 33.9 Å². The summed E-state index contributed by atoms with van der Waals surface area (Å²) >= 11 is 0.989. The summed E-state index contributed by atoms with van der Waals surface area (Å²) in [6, 6.07) is 4.10. The molecule has 110 valence electrons. The highest BCUT2D eigenvalue weighted by molar-refractivity contribution is 7.19. The average molecular weight is 309 g/mol. The van der Waals surface area contributed by atoms with Gasteiger partial charge in [0, 0.05) is 6.07 Å². The van der Waals surface area contributed by atoms with Gasteiger partial charge in [0.25, 0.3) is 5.91 Å². The maximum absolute atomic E-state index is 12.2. The first-order chi connectivity index (χ1) is 10.0. The van der Waals surface area contributed by atoms with Gasteiger partial charge in [-0.15, -0.1) is 10.2 Å². The lowest BCUT2D eigenvalue weighted by molar-refractivity contribution is -0.385. The lowest BCUT2D eigenvalue weighted by atomic mass is 10.1. The summed E-state index contributed by atoms with van der Waals surface area (Å²) in [5.74, 6) is -0.668. The number of nitrogens with two attached hydrogens (primary N) is 1. The zero-order valence-corrected chi connectivity index (χ0v) is 11.7. The van der Waals surface area contributed by atoms with Crippen molar-refractivity contribution in [3.8, 4) is 5.75 Å². The van der Waals surface area contributed by atoms with Crippen LogP contribution < -0.4 is 15.8 Å². The highest BCUT2D eigenvalue weighted by Crippen LogP contribution is 2.31. The predicted octanol–water partition coefficient (Wildman–Crippen LogP) is 1.68. The van der Waals surface area contributed by atoms with E-state index in [9.17, 15) is 14.9 Å². The van der Waals surface area contributed by atoms with E-state index < -0.39 is 10.8 Å². The lowest BCUT2D eigenvalue weighted by Crippen LogP contribution is -2.14. The molecule has 0 saturated heterocycles. The quantitative estimate of drug-likeness (QED) is 0.634. The van der Waals surface area contributed by atoms with Crippen LogP contribution in [0.5, 0.6) is 5.75 Å². The topological polar surface area (TPSA) is 133 Å². The van der Waals surface area contributed by atoms with Crippen molar-refractivity contribution in [1.82, 2.24) is 10.2 Å². The Balaban J connectivity index is 2.35. The van der Waals surface area contributed by atoms with Crippen LogP contribution in [-0.4, -0.2) is 27.6 Å². The van der Waals surface area contributed by atoms with Crippen LogP contribution in [-0.2, 0) is 0 Å². The summed E-state index contributed by atoms with van der Waals surface area (Å²) in [6.45, 7) is 1.86. The van der Waals surface area contributed by atoms with Gasteiger partial charge in [-0.05, 0) is 13.0 Å². The minimum Gasteiger partial charge on any atom is -0.487 e. The van der Waals surface area contributed by atoms with Crippen LogP contribution in [0.1, 0.15) is 17.3 Å². The minimum absolute atomic E-state index is 0.0415. The van der Waals surface area contributed by atoms with Crippen molar-refractivity contribution in [2.24, 2.45) is 0 Å². The van der Waals surface area contributed by atoms with Crippen LogP contribution in [0.3, 0.4) is 0 Å². The molecular formula is C11H11N5O4S. The SMILES string of the molecule is CCOc1c(C(=O)Nc2nnc(N)s2)cccc1[N+](=O)[O-]. The van der Waals surface area contributed by atoms with Crippen molar-refractivity contribution in [2.75, 3.05) is 17.7 Å². The van der Waals surface area contributed by atoms with E-state index in [-0.39, 0.29) is 33.9 Å². The molecule has 0 saturated carbocycles.